The van der Waals surface area contributed by atoms with Crippen LogP contribution in [0, 0.1) is 0 Å². The molecule has 108 valence electrons. The first kappa shape index (κ1) is 14.2. The lowest BCUT2D eigenvalue weighted by Crippen LogP contribution is -2.11. The van der Waals surface area contributed by atoms with Crippen molar-refractivity contribution in [2.75, 3.05) is 6.61 Å². The lowest BCUT2D eigenvalue weighted by atomic mass is 10.2. The SMILES string of the molecule is CCCOC(=O)c1nnc2sc(-c3ccccc3Br)nn12. The molecule has 0 aliphatic rings. The number of nitrogens with zero attached hydrogens (tertiary/aromatic N) is 4. The Morgan fingerprint density at radius 3 is 2.95 bits per heavy atom. The summed E-state index contributed by atoms with van der Waals surface area (Å²) >= 11 is 4.86. The number of carbonyl (C=O) groups is 1. The third kappa shape index (κ3) is 2.68. The number of rotatable bonds is 4. The second-order valence-electron chi connectivity index (χ2n) is 4.24. The van der Waals surface area contributed by atoms with Crippen molar-refractivity contribution in [3.63, 3.8) is 0 Å². The number of aromatic nitrogens is 4. The molecular weight excluding hydrogens is 356 g/mol. The Hall–Kier alpha value is -1.80. The molecule has 0 spiro atoms. The van der Waals surface area contributed by atoms with E-state index in [1.165, 1.54) is 15.9 Å². The van der Waals surface area contributed by atoms with E-state index in [9.17, 15) is 4.79 Å². The predicted octanol–water partition coefficient (Wildman–Crippen LogP) is 3.18. The largest absolute Gasteiger partial charge is 0.460 e. The van der Waals surface area contributed by atoms with Crippen molar-refractivity contribution in [1.82, 2.24) is 19.8 Å². The van der Waals surface area contributed by atoms with Crippen LogP contribution in [0.25, 0.3) is 15.5 Å². The van der Waals surface area contributed by atoms with E-state index in [0.717, 1.165) is 21.5 Å². The molecule has 21 heavy (non-hydrogen) atoms. The number of hydrogen-bond acceptors (Lipinski definition) is 6. The van der Waals surface area contributed by atoms with Gasteiger partial charge in [0.05, 0.1) is 6.61 Å². The van der Waals surface area contributed by atoms with Gasteiger partial charge >= 0.3 is 5.97 Å². The zero-order valence-electron chi connectivity index (χ0n) is 11.1. The Labute approximate surface area is 132 Å². The van der Waals surface area contributed by atoms with Gasteiger partial charge in [0.25, 0.3) is 5.82 Å². The molecule has 3 aromatic rings. The molecule has 0 saturated heterocycles. The molecule has 8 heteroatoms. The Morgan fingerprint density at radius 2 is 2.19 bits per heavy atom. The van der Waals surface area contributed by atoms with Gasteiger partial charge in [-0.05, 0) is 12.5 Å². The average molecular weight is 367 g/mol. The Morgan fingerprint density at radius 1 is 1.38 bits per heavy atom. The zero-order chi connectivity index (χ0) is 14.8. The van der Waals surface area contributed by atoms with Gasteiger partial charge in [-0.15, -0.1) is 10.2 Å². The van der Waals surface area contributed by atoms with E-state index in [-0.39, 0.29) is 5.82 Å². The van der Waals surface area contributed by atoms with Gasteiger partial charge < -0.3 is 4.74 Å². The summed E-state index contributed by atoms with van der Waals surface area (Å²) in [7, 11) is 0. The number of benzene rings is 1. The lowest BCUT2D eigenvalue weighted by molar-refractivity contribution is 0.0487. The summed E-state index contributed by atoms with van der Waals surface area (Å²) < 4.78 is 7.44. The zero-order valence-corrected chi connectivity index (χ0v) is 13.5. The highest BCUT2D eigenvalue weighted by molar-refractivity contribution is 9.10. The third-order valence-electron chi connectivity index (χ3n) is 2.71. The van der Waals surface area contributed by atoms with Crippen LogP contribution in [0.2, 0.25) is 0 Å². The molecule has 0 aliphatic carbocycles. The van der Waals surface area contributed by atoms with E-state index in [4.69, 9.17) is 4.74 Å². The van der Waals surface area contributed by atoms with E-state index in [1.54, 1.807) is 0 Å². The van der Waals surface area contributed by atoms with Crippen molar-refractivity contribution in [2.24, 2.45) is 0 Å². The minimum Gasteiger partial charge on any atom is -0.460 e. The summed E-state index contributed by atoms with van der Waals surface area (Å²) in [5.41, 5.74) is 0.945. The van der Waals surface area contributed by atoms with Gasteiger partial charge in [-0.25, -0.2) is 4.79 Å². The highest BCUT2D eigenvalue weighted by Crippen LogP contribution is 2.31. The van der Waals surface area contributed by atoms with Gasteiger partial charge in [0.15, 0.2) is 0 Å². The minimum absolute atomic E-state index is 0.105. The van der Waals surface area contributed by atoms with Gasteiger partial charge in [-0.1, -0.05) is 52.4 Å². The van der Waals surface area contributed by atoms with Crippen molar-refractivity contribution in [3.05, 3.63) is 34.6 Å². The van der Waals surface area contributed by atoms with Crippen LogP contribution in [0.15, 0.2) is 28.7 Å². The number of fused-ring (bicyclic) bond motifs is 1. The molecule has 0 unspecified atom stereocenters. The van der Waals surface area contributed by atoms with E-state index >= 15 is 0 Å². The van der Waals surface area contributed by atoms with E-state index < -0.39 is 5.97 Å². The minimum atomic E-state index is -0.506. The van der Waals surface area contributed by atoms with Gasteiger partial charge in [-0.2, -0.15) is 9.61 Å². The number of hydrogen-bond donors (Lipinski definition) is 0. The highest BCUT2D eigenvalue weighted by atomic mass is 79.9. The maximum Gasteiger partial charge on any atom is 0.378 e. The normalized spacial score (nSPS) is 11.0. The summed E-state index contributed by atoms with van der Waals surface area (Å²) in [4.78, 5) is 12.5. The molecule has 0 atom stereocenters. The van der Waals surface area contributed by atoms with Crippen LogP contribution in [0.5, 0.6) is 0 Å². The standard InChI is InChI=1S/C13H11BrN4O2S/c1-2-7-20-12(19)10-15-16-13-18(10)17-11(21-13)8-5-3-4-6-9(8)14/h3-6H,2,7H2,1H3. The second kappa shape index (κ2) is 5.90. The first-order valence-corrected chi connectivity index (χ1v) is 7.96. The molecule has 0 amide bonds. The quantitative estimate of drug-likeness (QED) is 0.663. The molecule has 0 radical (unpaired) electrons. The number of carbonyl (C=O) groups excluding carboxylic acids is 1. The number of halogens is 1. The Kier molecular flexibility index (Phi) is 3.98. The Balaban J connectivity index is 2.00. The topological polar surface area (TPSA) is 69.4 Å². The van der Waals surface area contributed by atoms with Crippen molar-refractivity contribution in [3.8, 4) is 10.6 Å². The molecule has 1 aromatic carbocycles. The first-order chi connectivity index (χ1) is 10.2. The summed E-state index contributed by atoms with van der Waals surface area (Å²) in [6.45, 7) is 2.29. The fourth-order valence-electron chi connectivity index (χ4n) is 1.75. The summed E-state index contributed by atoms with van der Waals surface area (Å²) in [6.07, 6.45) is 0.757. The Bertz CT molecular complexity index is 798. The van der Waals surface area contributed by atoms with E-state index in [0.29, 0.717) is 11.6 Å². The molecular formula is C13H11BrN4O2S. The van der Waals surface area contributed by atoms with Crippen LogP contribution in [0.1, 0.15) is 24.0 Å². The summed E-state index contributed by atoms with van der Waals surface area (Å²) in [6, 6.07) is 7.75. The highest BCUT2D eigenvalue weighted by Gasteiger charge is 2.20. The summed E-state index contributed by atoms with van der Waals surface area (Å²) in [5, 5.41) is 13.0. The molecule has 6 nitrogen and oxygen atoms in total. The monoisotopic (exact) mass is 366 g/mol. The predicted molar refractivity (Wildman–Crippen MR) is 82.4 cm³/mol. The van der Waals surface area contributed by atoms with Crippen LogP contribution in [0.3, 0.4) is 0 Å². The van der Waals surface area contributed by atoms with Crippen LogP contribution in [-0.2, 0) is 4.74 Å². The molecule has 0 fully saturated rings. The molecule has 3 rings (SSSR count). The second-order valence-corrected chi connectivity index (χ2v) is 6.05. The molecule has 0 N–H and O–H groups in total. The molecule has 0 aliphatic heterocycles. The van der Waals surface area contributed by atoms with E-state index in [1.807, 2.05) is 31.2 Å². The average Bonchev–Trinajstić information content (AvgIpc) is 3.05. The van der Waals surface area contributed by atoms with Gasteiger partial charge in [0, 0.05) is 10.0 Å². The molecule has 2 aromatic heterocycles. The maximum atomic E-state index is 11.9. The van der Waals surface area contributed by atoms with Crippen molar-refractivity contribution in [1.29, 1.82) is 0 Å². The van der Waals surface area contributed by atoms with Gasteiger partial charge in [-0.3, -0.25) is 0 Å². The lowest BCUT2D eigenvalue weighted by Gasteiger charge is -1.99. The van der Waals surface area contributed by atoms with E-state index in [2.05, 4.69) is 31.2 Å². The van der Waals surface area contributed by atoms with Crippen LogP contribution >= 0.6 is 27.3 Å². The fraction of sp³-hybridized carbons (Fsp3) is 0.231. The van der Waals surface area contributed by atoms with Crippen LogP contribution in [-0.4, -0.2) is 32.4 Å². The molecule has 0 saturated carbocycles. The maximum absolute atomic E-state index is 11.9. The number of esters is 1. The van der Waals surface area contributed by atoms with Crippen molar-refractivity contribution >= 4 is 38.2 Å². The first-order valence-electron chi connectivity index (χ1n) is 6.35. The molecule has 2 heterocycles. The smallest absolute Gasteiger partial charge is 0.378 e. The summed E-state index contributed by atoms with van der Waals surface area (Å²) in [5.74, 6) is -0.402. The van der Waals surface area contributed by atoms with Gasteiger partial charge in [0.1, 0.15) is 5.01 Å². The van der Waals surface area contributed by atoms with Crippen LogP contribution < -0.4 is 0 Å². The number of ether oxygens (including phenoxy) is 1. The molecule has 0 bridgehead atoms. The van der Waals surface area contributed by atoms with Gasteiger partial charge in [0.2, 0.25) is 4.96 Å². The van der Waals surface area contributed by atoms with Crippen molar-refractivity contribution < 1.29 is 9.53 Å². The third-order valence-corrected chi connectivity index (χ3v) is 4.34. The van der Waals surface area contributed by atoms with Crippen LogP contribution in [0.4, 0.5) is 0 Å². The van der Waals surface area contributed by atoms with Crippen molar-refractivity contribution in [2.45, 2.75) is 13.3 Å². The fourth-order valence-corrected chi connectivity index (χ4v) is 3.23.